The first kappa shape index (κ1) is 42.3. The van der Waals surface area contributed by atoms with Gasteiger partial charge in [0.25, 0.3) is 0 Å². The van der Waals surface area contributed by atoms with Crippen LogP contribution in [0.3, 0.4) is 0 Å². The summed E-state index contributed by atoms with van der Waals surface area (Å²) in [6, 6.07) is 0. The second-order valence-electron chi connectivity index (χ2n) is 10.9. The molecule has 0 aromatic carbocycles. The lowest BCUT2D eigenvalue weighted by atomic mass is 10.2. The van der Waals surface area contributed by atoms with Crippen molar-refractivity contribution in [3.05, 3.63) is 0 Å². The van der Waals surface area contributed by atoms with Gasteiger partial charge in [-0.15, -0.1) is 0 Å². The molecule has 6 heteroatoms. The summed E-state index contributed by atoms with van der Waals surface area (Å²) in [6.45, 7) is 21.7. The minimum Gasteiger partial charge on any atom is -0.481 e. The molecule has 0 heterocycles. The van der Waals surface area contributed by atoms with Gasteiger partial charge in [-0.2, -0.15) is 0 Å². The third kappa shape index (κ3) is 41.5. The van der Waals surface area contributed by atoms with E-state index in [2.05, 4.69) is 51.3 Å². The Labute approximate surface area is 244 Å². The van der Waals surface area contributed by atoms with Gasteiger partial charge in [-0.25, -0.2) is 0 Å². The Hall–Kier alpha value is -1.14. The van der Waals surface area contributed by atoms with Crippen LogP contribution in [0.15, 0.2) is 0 Å². The van der Waals surface area contributed by atoms with E-state index in [1.165, 1.54) is 155 Å². The zero-order valence-electron chi connectivity index (χ0n) is 27.3. The number of hydrogen-bond donors (Lipinski definition) is 2. The zero-order chi connectivity index (χ0) is 30.0. The van der Waals surface area contributed by atoms with Gasteiger partial charge in [-0.3, -0.25) is 9.59 Å². The number of nitrogens with zero attached hydrogens (tertiary/aromatic N) is 2. The molecule has 0 bridgehead atoms. The molecule has 0 fully saturated rings. The van der Waals surface area contributed by atoms with Crippen molar-refractivity contribution in [2.45, 2.75) is 164 Å². The Balaban J connectivity index is -0.000000537. The molecule has 0 amide bonds. The van der Waals surface area contributed by atoms with Gasteiger partial charge in [0.15, 0.2) is 0 Å². The minimum absolute atomic E-state index is 0.806. The highest BCUT2D eigenvalue weighted by Gasteiger charge is 2.05. The van der Waals surface area contributed by atoms with E-state index >= 15 is 0 Å². The Kier molecular flexibility index (Phi) is 40.0. The quantitative estimate of drug-likeness (QED) is 0.0813. The smallest absolute Gasteiger partial charge is 0.314 e. The van der Waals surface area contributed by atoms with Gasteiger partial charge in [0.1, 0.15) is 6.42 Å². The highest BCUT2D eigenvalue weighted by molar-refractivity contribution is 5.88. The van der Waals surface area contributed by atoms with Crippen molar-refractivity contribution in [3.8, 4) is 0 Å². The number of hydrogen-bond acceptors (Lipinski definition) is 4. The molecule has 0 saturated heterocycles. The SMILES string of the molecule is CCCCCN(CCCCC)CCCCC.CCCCCN(CCCCC)CCCCC.O=C(O)CC(=O)O. The van der Waals surface area contributed by atoms with Crippen molar-refractivity contribution < 1.29 is 19.8 Å². The molecule has 0 rings (SSSR count). The molecule has 0 aliphatic heterocycles. The van der Waals surface area contributed by atoms with Gasteiger partial charge in [-0.05, 0) is 77.8 Å². The molecule has 0 aromatic rings. The maximum Gasteiger partial charge on any atom is 0.314 e. The second kappa shape index (κ2) is 36.9. The van der Waals surface area contributed by atoms with Crippen LogP contribution in [0, 0.1) is 0 Å². The van der Waals surface area contributed by atoms with Crippen molar-refractivity contribution in [2.24, 2.45) is 0 Å². The third-order valence-corrected chi connectivity index (χ3v) is 6.77. The summed E-state index contributed by atoms with van der Waals surface area (Å²) < 4.78 is 0. The monoisotopic (exact) mass is 559 g/mol. The van der Waals surface area contributed by atoms with Gasteiger partial charge in [-0.1, -0.05) is 119 Å². The van der Waals surface area contributed by atoms with Gasteiger partial charge >= 0.3 is 11.9 Å². The van der Waals surface area contributed by atoms with Crippen LogP contribution in [0.4, 0.5) is 0 Å². The van der Waals surface area contributed by atoms with Crippen LogP contribution in [0.25, 0.3) is 0 Å². The molecule has 0 aromatic heterocycles. The van der Waals surface area contributed by atoms with Gasteiger partial charge < -0.3 is 20.0 Å². The van der Waals surface area contributed by atoms with Crippen molar-refractivity contribution in [3.63, 3.8) is 0 Å². The highest BCUT2D eigenvalue weighted by atomic mass is 16.4. The summed E-state index contributed by atoms with van der Waals surface area (Å²) in [7, 11) is 0. The van der Waals surface area contributed by atoms with Gasteiger partial charge in [0.05, 0.1) is 0 Å². The maximum atomic E-state index is 9.43. The molecule has 0 radical (unpaired) electrons. The fourth-order valence-electron chi connectivity index (χ4n) is 4.31. The van der Waals surface area contributed by atoms with Crippen LogP contribution in [0.5, 0.6) is 0 Å². The zero-order valence-corrected chi connectivity index (χ0v) is 27.3. The molecule has 0 aliphatic rings. The summed E-state index contributed by atoms with van der Waals surface area (Å²) >= 11 is 0. The standard InChI is InChI=1S/2C15H33N.C3H4O4/c2*1-4-7-10-13-16(14-11-8-5-2)15-12-9-6-3;4-2(5)1-3(6)7/h2*4-15H2,1-3H3;1H2,(H,4,5)(H,6,7). The predicted molar refractivity (Wildman–Crippen MR) is 170 cm³/mol. The van der Waals surface area contributed by atoms with Gasteiger partial charge in [0.2, 0.25) is 0 Å². The Morgan fingerprint density at radius 2 is 0.564 bits per heavy atom. The summed E-state index contributed by atoms with van der Waals surface area (Å²) in [4.78, 5) is 24.2. The number of carbonyl (C=O) groups is 2. The van der Waals surface area contributed by atoms with E-state index in [4.69, 9.17) is 10.2 Å². The average Bonchev–Trinajstić information content (AvgIpc) is 2.89. The summed E-state index contributed by atoms with van der Waals surface area (Å²) in [6.07, 6.45) is 24.1. The topological polar surface area (TPSA) is 81.1 Å². The highest BCUT2D eigenvalue weighted by Crippen LogP contribution is 2.06. The average molecular weight is 559 g/mol. The molecule has 6 nitrogen and oxygen atoms in total. The molecule has 0 spiro atoms. The first-order chi connectivity index (χ1) is 18.8. The van der Waals surface area contributed by atoms with Crippen LogP contribution < -0.4 is 0 Å². The summed E-state index contributed by atoms with van der Waals surface area (Å²) in [5, 5.41) is 15.4. The number of carboxylic acids is 2. The molecular weight excluding hydrogens is 488 g/mol. The minimum atomic E-state index is -1.31. The maximum absolute atomic E-state index is 9.43. The number of rotatable bonds is 26. The largest absolute Gasteiger partial charge is 0.481 e. The third-order valence-electron chi connectivity index (χ3n) is 6.77. The van der Waals surface area contributed by atoms with E-state index in [1.807, 2.05) is 0 Å². The number of aliphatic carboxylic acids is 2. The van der Waals surface area contributed by atoms with Crippen molar-refractivity contribution in [1.82, 2.24) is 9.80 Å². The molecule has 0 saturated carbocycles. The first-order valence-corrected chi connectivity index (χ1v) is 16.7. The van der Waals surface area contributed by atoms with E-state index in [0.29, 0.717) is 0 Å². The van der Waals surface area contributed by atoms with E-state index < -0.39 is 18.4 Å². The molecular formula is C33H70N2O4. The Morgan fingerprint density at radius 1 is 0.385 bits per heavy atom. The molecule has 0 atom stereocenters. The van der Waals surface area contributed by atoms with Crippen molar-refractivity contribution >= 4 is 11.9 Å². The first-order valence-electron chi connectivity index (χ1n) is 16.7. The fourth-order valence-corrected chi connectivity index (χ4v) is 4.31. The van der Waals surface area contributed by atoms with E-state index in [-0.39, 0.29) is 0 Å². The normalized spacial score (nSPS) is 10.7. The van der Waals surface area contributed by atoms with Crippen LogP contribution >= 0.6 is 0 Å². The lowest BCUT2D eigenvalue weighted by Crippen LogP contribution is -2.27. The van der Waals surface area contributed by atoms with Crippen LogP contribution in [-0.4, -0.2) is 71.2 Å². The second-order valence-corrected chi connectivity index (χ2v) is 10.9. The number of unbranched alkanes of at least 4 members (excludes halogenated alkanes) is 12. The molecule has 0 aliphatic carbocycles. The number of carboxylic acid groups (broad SMARTS) is 2. The summed E-state index contributed by atoms with van der Waals surface area (Å²) in [5.74, 6) is -2.62. The Bertz CT molecular complexity index is 399. The molecule has 236 valence electrons. The van der Waals surface area contributed by atoms with E-state index in [9.17, 15) is 9.59 Å². The summed E-state index contributed by atoms with van der Waals surface area (Å²) in [5.41, 5.74) is 0. The van der Waals surface area contributed by atoms with Crippen LogP contribution in [0.1, 0.15) is 164 Å². The van der Waals surface area contributed by atoms with E-state index in [0.717, 1.165) is 0 Å². The molecule has 2 N–H and O–H groups in total. The van der Waals surface area contributed by atoms with Crippen molar-refractivity contribution in [2.75, 3.05) is 39.3 Å². The lowest BCUT2D eigenvalue weighted by molar-refractivity contribution is -0.147. The fraction of sp³-hybridized carbons (Fsp3) is 0.939. The Morgan fingerprint density at radius 3 is 0.667 bits per heavy atom. The van der Waals surface area contributed by atoms with E-state index in [1.54, 1.807) is 0 Å². The van der Waals surface area contributed by atoms with Crippen molar-refractivity contribution in [1.29, 1.82) is 0 Å². The van der Waals surface area contributed by atoms with Crippen LogP contribution in [-0.2, 0) is 9.59 Å². The molecule has 39 heavy (non-hydrogen) atoms. The lowest BCUT2D eigenvalue weighted by Gasteiger charge is -2.22. The molecule has 0 unspecified atom stereocenters. The van der Waals surface area contributed by atoms with Gasteiger partial charge in [0, 0.05) is 0 Å². The van der Waals surface area contributed by atoms with Crippen LogP contribution in [0.2, 0.25) is 0 Å². The predicted octanol–water partition coefficient (Wildman–Crippen LogP) is 9.26.